The Morgan fingerprint density at radius 3 is 2.54 bits per heavy atom. The van der Waals surface area contributed by atoms with Gasteiger partial charge in [-0.2, -0.15) is 0 Å². The van der Waals surface area contributed by atoms with Gasteiger partial charge in [-0.3, -0.25) is 0 Å². The van der Waals surface area contributed by atoms with Crippen LogP contribution in [-0.4, -0.2) is 45.5 Å². The Morgan fingerprint density at radius 2 is 1.79 bits per heavy atom. The zero-order valence-electron chi connectivity index (χ0n) is 15.9. The van der Waals surface area contributed by atoms with Crippen molar-refractivity contribution in [2.75, 3.05) is 50.7 Å². The van der Waals surface area contributed by atoms with Gasteiger partial charge in [0, 0.05) is 41.3 Å². The molecule has 0 spiro atoms. The van der Waals surface area contributed by atoms with E-state index in [0.717, 1.165) is 41.2 Å². The minimum atomic E-state index is 0.663. The van der Waals surface area contributed by atoms with Gasteiger partial charge in [-0.25, -0.2) is 4.98 Å². The van der Waals surface area contributed by atoms with Gasteiger partial charge < -0.3 is 24.4 Å². The third kappa shape index (κ3) is 3.79. The maximum atomic E-state index is 6.22. The molecular formula is C21H22ClN3O3. The number of hydrogen-bond donors (Lipinski definition) is 1. The van der Waals surface area contributed by atoms with E-state index in [-0.39, 0.29) is 0 Å². The number of rotatable bonds is 5. The molecule has 2 heterocycles. The maximum absolute atomic E-state index is 6.22. The smallest absolute Gasteiger partial charge is 0.162 e. The Bertz CT molecular complexity index is 990. The molecule has 28 heavy (non-hydrogen) atoms. The van der Waals surface area contributed by atoms with Crippen molar-refractivity contribution in [3.05, 3.63) is 47.5 Å². The molecule has 0 amide bonds. The summed E-state index contributed by atoms with van der Waals surface area (Å²) < 4.78 is 16.2. The van der Waals surface area contributed by atoms with Crippen molar-refractivity contribution in [1.82, 2.24) is 4.98 Å². The van der Waals surface area contributed by atoms with Gasteiger partial charge in [0.25, 0.3) is 0 Å². The molecule has 1 fully saturated rings. The van der Waals surface area contributed by atoms with Crippen LogP contribution < -0.4 is 19.7 Å². The Balaban J connectivity index is 1.76. The van der Waals surface area contributed by atoms with Crippen LogP contribution >= 0.6 is 11.6 Å². The molecule has 146 valence electrons. The van der Waals surface area contributed by atoms with Gasteiger partial charge in [-0.05, 0) is 30.3 Å². The summed E-state index contributed by atoms with van der Waals surface area (Å²) in [7, 11) is 3.25. The largest absolute Gasteiger partial charge is 0.493 e. The second-order valence-corrected chi connectivity index (χ2v) is 6.92. The van der Waals surface area contributed by atoms with Crippen molar-refractivity contribution >= 4 is 39.7 Å². The van der Waals surface area contributed by atoms with Crippen molar-refractivity contribution in [3.63, 3.8) is 0 Å². The van der Waals surface area contributed by atoms with E-state index in [0.29, 0.717) is 29.7 Å². The molecule has 0 unspecified atom stereocenters. The molecule has 0 aliphatic carbocycles. The number of nitrogens with zero attached hydrogens (tertiary/aromatic N) is 2. The minimum absolute atomic E-state index is 0.663. The van der Waals surface area contributed by atoms with Gasteiger partial charge in [-0.1, -0.05) is 11.6 Å². The van der Waals surface area contributed by atoms with Crippen molar-refractivity contribution < 1.29 is 14.2 Å². The van der Waals surface area contributed by atoms with Crippen LogP contribution in [0.5, 0.6) is 11.5 Å². The van der Waals surface area contributed by atoms with Gasteiger partial charge in [0.15, 0.2) is 11.5 Å². The highest BCUT2D eigenvalue weighted by atomic mass is 35.5. The Hall–Kier alpha value is -2.70. The third-order valence-electron chi connectivity index (χ3n) is 4.76. The zero-order chi connectivity index (χ0) is 19.5. The summed E-state index contributed by atoms with van der Waals surface area (Å²) in [5.41, 5.74) is 2.70. The van der Waals surface area contributed by atoms with Gasteiger partial charge in [0.05, 0.1) is 38.6 Å². The SMILES string of the molecule is COc1ccc(Nc2cc(N3CCOCC3)nc3cc(Cl)ccc23)cc1OC. The number of benzene rings is 2. The van der Waals surface area contributed by atoms with Crippen LogP contribution in [-0.2, 0) is 4.74 Å². The lowest BCUT2D eigenvalue weighted by Gasteiger charge is -2.28. The average molecular weight is 400 g/mol. The number of anilines is 3. The van der Waals surface area contributed by atoms with Crippen molar-refractivity contribution in [1.29, 1.82) is 0 Å². The monoisotopic (exact) mass is 399 g/mol. The fourth-order valence-corrected chi connectivity index (χ4v) is 3.48. The van der Waals surface area contributed by atoms with E-state index in [1.165, 1.54) is 0 Å². The highest BCUT2D eigenvalue weighted by molar-refractivity contribution is 6.31. The quantitative estimate of drug-likeness (QED) is 0.682. The van der Waals surface area contributed by atoms with E-state index in [1.54, 1.807) is 14.2 Å². The third-order valence-corrected chi connectivity index (χ3v) is 4.99. The predicted octanol–water partition coefficient (Wildman–Crippen LogP) is 4.49. The lowest BCUT2D eigenvalue weighted by atomic mass is 10.1. The lowest BCUT2D eigenvalue weighted by molar-refractivity contribution is 0.122. The molecule has 6 nitrogen and oxygen atoms in total. The van der Waals surface area contributed by atoms with E-state index in [1.807, 2.05) is 36.4 Å². The number of pyridine rings is 1. The van der Waals surface area contributed by atoms with Crippen molar-refractivity contribution in [2.24, 2.45) is 0 Å². The van der Waals surface area contributed by atoms with Crippen LogP contribution in [0.25, 0.3) is 10.9 Å². The Kier molecular flexibility index (Phi) is 5.41. The van der Waals surface area contributed by atoms with Crippen LogP contribution in [0, 0.1) is 0 Å². The first-order valence-corrected chi connectivity index (χ1v) is 9.48. The standard InChI is InChI=1S/C21H22ClN3O3/c1-26-19-6-4-15(12-20(19)27-2)23-18-13-21(25-7-9-28-10-8-25)24-17-11-14(22)3-5-16(17)18/h3-6,11-13H,7-10H2,1-2H3,(H,23,24). The van der Waals surface area contributed by atoms with E-state index < -0.39 is 0 Å². The number of hydrogen-bond acceptors (Lipinski definition) is 6. The summed E-state index contributed by atoms with van der Waals surface area (Å²) >= 11 is 6.22. The molecule has 4 rings (SSSR count). The summed E-state index contributed by atoms with van der Waals surface area (Å²) in [4.78, 5) is 7.05. The summed E-state index contributed by atoms with van der Waals surface area (Å²) in [5, 5.41) is 5.15. The average Bonchev–Trinajstić information content (AvgIpc) is 2.73. The van der Waals surface area contributed by atoms with E-state index in [2.05, 4.69) is 16.3 Å². The van der Waals surface area contributed by atoms with Crippen molar-refractivity contribution in [2.45, 2.75) is 0 Å². The minimum Gasteiger partial charge on any atom is -0.493 e. The number of nitrogens with one attached hydrogen (secondary N) is 1. The molecule has 0 bridgehead atoms. The summed E-state index contributed by atoms with van der Waals surface area (Å²) in [6.45, 7) is 3.03. The maximum Gasteiger partial charge on any atom is 0.162 e. The molecular weight excluding hydrogens is 378 g/mol. The number of halogens is 1. The fraction of sp³-hybridized carbons (Fsp3) is 0.286. The van der Waals surface area contributed by atoms with E-state index in [9.17, 15) is 0 Å². The van der Waals surface area contributed by atoms with Gasteiger partial charge in [-0.15, -0.1) is 0 Å². The van der Waals surface area contributed by atoms with Crippen LogP contribution in [0.3, 0.4) is 0 Å². The van der Waals surface area contributed by atoms with Crippen LogP contribution in [0.1, 0.15) is 0 Å². The molecule has 0 atom stereocenters. The summed E-state index contributed by atoms with van der Waals surface area (Å²) in [6.07, 6.45) is 0. The zero-order valence-corrected chi connectivity index (χ0v) is 16.6. The molecule has 1 saturated heterocycles. The van der Waals surface area contributed by atoms with Crippen LogP contribution in [0.15, 0.2) is 42.5 Å². The number of fused-ring (bicyclic) bond motifs is 1. The molecule has 1 N–H and O–H groups in total. The second-order valence-electron chi connectivity index (χ2n) is 6.48. The van der Waals surface area contributed by atoms with Gasteiger partial charge in [0.2, 0.25) is 0 Å². The van der Waals surface area contributed by atoms with E-state index >= 15 is 0 Å². The van der Waals surface area contributed by atoms with Crippen LogP contribution in [0.4, 0.5) is 17.2 Å². The first-order valence-electron chi connectivity index (χ1n) is 9.10. The van der Waals surface area contributed by atoms with Gasteiger partial charge in [0.1, 0.15) is 5.82 Å². The topological polar surface area (TPSA) is 55.9 Å². The molecule has 1 aliphatic heterocycles. The molecule has 7 heteroatoms. The summed E-state index contributed by atoms with van der Waals surface area (Å²) in [5.74, 6) is 2.26. The summed E-state index contributed by atoms with van der Waals surface area (Å²) in [6, 6.07) is 13.6. The Labute approximate surface area is 169 Å². The van der Waals surface area contributed by atoms with E-state index in [4.69, 9.17) is 30.8 Å². The van der Waals surface area contributed by atoms with Crippen LogP contribution in [0.2, 0.25) is 5.02 Å². The predicted molar refractivity (Wildman–Crippen MR) is 113 cm³/mol. The normalized spacial score (nSPS) is 14.2. The number of methoxy groups -OCH3 is 2. The first-order chi connectivity index (χ1) is 13.7. The highest BCUT2D eigenvalue weighted by Gasteiger charge is 2.16. The molecule has 3 aromatic rings. The van der Waals surface area contributed by atoms with Gasteiger partial charge >= 0.3 is 0 Å². The highest BCUT2D eigenvalue weighted by Crippen LogP contribution is 2.35. The van der Waals surface area contributed by atoms with Crippen molar-refractivity contribution in [3.8, 4) is 11.5 Å². The number of morpholine rings is 1. The molecule has 2 aromatic carbocycles. The first kappa shape index (κ1) is 18.7. The fourth-order valence-electron chi connectivity index (χ4n) is 3.31. The molecule has 1 aliphatic rings. The molecule has 0 radical (unpaired) electrons. The molecule has 1 aromatic heterocycles. The second kappa shape index (κ2) is 8.12. The number of aromatic nitrogens is 1. The number of ether oxygens (including phenoxy) is 3. The lowest BCUT2D eigenvalue weighted by Crippen LogP contribution is -2.36. The Morgan fingerprint density at radius 1 is 1.00 bits per heavy atom. The molecule has 0 saturated carbocycles.